The molecular formula is C18H23N3O2. The average molecular weight is 313 g/mol. The number of rotatable bonds is 5. The molecule has 2 heterocycles. The third-order valence-corrected chi connectivity index (χ3v) is 4.41. The molecule has 1 amide bonds. The molecule has 23 heavy (non-hydrogen) atoms. The molecule has 1 N–H and O–H groups in total. The zero-order valence-corrected chi connectivity index (χ0v) is 13.7. The Hall–Kier alpha value is -2.30. The molecule has 0 bridgehead atoms. The quantitative estimate of drug-likeness (QED) is 0.862. The van der Waals surface area contributed by atoms with Crippen molar-refractivity contribution in [3.05, 3.63) is 41.9 Å². The number of nitrogens with one attached hydrogen (secondary N) is 1. The van der Waals surface area contributed by atoms with Gasteiger partial charge in [0, 0.05) is 18.2 Å². The van der Waals surface area contributed by atoms with E-state index >= 15 is 0 Å². The number of furan rings is 1. The highest BCUT2D eigenvalue weighted by Gasteiger charge is 2.19. The third-order valence-electron chi connectivity index (χ3n) is 4.41. The number of amides is 1. The van der Waals surface area contributed by atoms with Crippen LogP contribution in [0.4, 0.5) is 0 Å². The molecule has 2 aromatic heterocycles. The van der Waals surface area contributed by atoms with Gasteiger partial charge in [-0.3, -0.25) is 9.48 Å². The normalized spacial score (nSPS) is 17.4. The van der Waals surface area contributed by atoms with Crippen LogP contribution in [0.25, 0.3) is 11.3 Å². The molecule has 1 atom stereocenters. The van der Waals surface area contributed by atoms with Gasteiger partial charge in [0.1, 0.15) is 5.76 Å². The molecule has 0 aromatic carbocycles. The van der Waals surface area contributed by atoms with Crippen molar-refractivity contribution in [2.24, 2.45) is 5.92 Å². The molecule has 0 fully saturated rings. The maximum atomic E-state index is 12.1. The molecule has 5 heteroatoms. The van der Waals surface area contributed by atoms with Crippen LogP contribution < -0.4 is 5.32 Å². The fraction of sp³-hybridized carbons (Fsp3) is 0.444. The highest BCUT2D eigenvalue weighted by atomic mass is 16.3. The summed E-state index contributed by atoms with van der Waals surface area (Å²) in [6, 6.07) is 3.82. The summed E-state index contributed by atoms with van der Waals surface area (Å²) in [5.74, 6) is 1.12. The smallest absolute Gasteiger partial charge is 0.223 e. The number of hydrogen-bond donors (Lipinski definition) is 1. The van der Waals surface area contributed by atoms with Crippen molar-refractivity contribution < 1.29 is 9.21 Å². The lowest BCUT2D eigenvalue weighted by molar-refractivity contribution is -0.125. The zero-order chi connectivity index (χ0) is 16.2. The van der Waals surface area contributed by atoms with E-state index < -0.39 is 0 Å². The lowest BCUT2D eigenvalue weighted by atomic mass is 9.94. The molecule has 0 saturated carbocycles. The second-order valence-electron chi connectivity index (χ2n) is 6.02. The van der Waals surface area contributed by atoms with Crippen molar-refractivity contribution in [3.63, 3.8) is 0 Å². The maximum Gasteiger partial charge on any atom is 0.223 e. The second-order valence-corrected chi connectivity index (χ2v) is 6.02. The maximum absolute atomic E-state index is 12.1. The van der Waals surface area contributed by atoms with Crippen LogP contribution in [-0.2, 0) is 11.3 Å². The van der Waals surface area contributed by atoms with E-state index in [2.05, 4.69) is 22.6 Å². The van der Waals surface area contributed by atoms with Gasteiger partial charge < -0.3 is 9.73 Å². The molecule has 0 radical (unpaired) electrons. The first-order chi connectivity index (χ1) is 11.2. The fourth-order valence-corrected chi connectivity index (χ4v) is 3.15. The van der Waals surface area contributed by atoms with Crippen LogP contribution in [0, 0.1) is 19.8 Å². The van der Waals surface area contributed by atoms with E-state index in [1.165, 1.54) is 0 Å². The minimum absolute atomic E-state index is 0.124. The van der Waals surface area contributed by atoms with Gasteiger partial charge in [0.05, 0.1) is 24.1 Å². The van der Waals surface area contributed by atoms with Crippen LogP contribution in [0.15, 0.2) is 35.0 Å². The molecule has 1 aliphatic carbocycles. The lowest BCUT2D eigenvalue weighted by Gasteiger charge is -2.17. The van der Waals surface area contributed by atoms with E-state index in [4.69, 9.17) is 4.42 Å². The SMILES string of the molecule is Cc1nn(CCNC(=O)[C@@H]2CC=CCC2)c(C)c1-c1ccco1. The molecule has 0 unspecified atom stereocenters. The van der Waals surface area contributed by atoms with E-state index in [0.29, 0.717) is 13.1 Å². The number of allylic oxidation sites excluding steroid dienone is 2. The number of carbonyl (C=O) groups is 1. The van der Waals surface area contributed by atoms with Crippen LogP contribution >= 0.6 is 0 Å². The Balaban J connectivity index is 1.60. The van der Waals surface area contributed by atoms with Gasteiger partial charge in [-0.15, -0.1) is 0 Å². The Bertz CT molecular complexity index is 698. The number of aromatic nitrogens is 2. The van der Waals surface area contributed by atoms with Crippen molar-refractivity contribution >= 4 is 5.91 Å². The summed E-state index contributed by atoms with van der Waals surface area (Å²) in [6.45, 7) is 5.28. The van der Waals surface area contributed by atoms with E-state index in [0.717, 1.165) is 42.0 Å². The predicted octanol–water partition coefficient (Wildman–Crippen LogP) is 3.23. The fourth-order valence-electron chi connectivity index (χ4n) is 3.15. The summed E-state index contributed by atoms with van der Waals surface area (Å²) >= 11 is 0. The molecule has 0 saturated heterocycles. The van der Waals surface area contributed by atoms with Crippen LogP contribution in [0.5, 0.6) is 0 Å². The monoisotopic (exact) mass is 313 g/mol. The van der Waals surface area contributed by atoms with Crippen molar-refractivity contribution in [1.29, 1.82) is 0 Å². The minimum Gasteiger partial charge on any atom is -0.464 e. The van der Waals surface area contributed by atoms with Gasteiger partial charge in [0.15, 0.2) is 0 Å². The van der Waals surface area contributed by atoms with Crippen LogP contribution in [0.3, 0.4) is 0 Å². The first kappa shape index (κ1) is 15.6. The highest BCUT2D eigenvalue weighted by molar-refractivity contribution is 5.78. The summed E-state index contributed by atoms with van der Waals surface area (Å²) in [7, 11) is 0. The summed E-state index contributed by atoms with van der Waals surface area (Å²) < 4.78 is 7.43. The topological polar surface area (TPSA) is 60.1 Å². The largest absolute Gasteiger partial charge is 0.464 e. The minimum atomic E-state index is 0.124. The molecule has 122 valence electrons. The molecule has 2 aromatic rings. The van der Waals surface area contributed by atoms with Crippen LogP contribution in [-0.4, -0.2) is 22.2 Å². The van der Waals surface area contributed by atoms with Gasteiger partial charge in [-0.25, -0.2) is 0 Å². The molecule has 3 rings (SSSR count). The van der Waals surface area contributed by atoms with Gasteiger partial charge in [-0.05, 0) is 45.2 Å². The lowest BCUT2D eigenvalue weighted by Crippen LogP contribution is -2.33. The van der Waals surface area contributed by atoms with E-state index in [1.807, 2.05) is 30.7 Å². The van der Waals surface area contributed by atoms with Crippen LogP contribution in [0.1, 0.15) is 30.7 Å². The highest BCUT2D eigenvalue weighted by Crippen LogP contribution is 2.27. The number of aryl methyl sites for hydroxylation is 1. The number of nitrogens with zero attached hydrogens (tertiary/aromatic N) is 2. The third kappa shape index (κ3) is 3.38. The summed E-state index contributed by atoms with van der Waals surface area (Å²) in [5.41, 5.74) is 3.05. The van der Waals surface area contributed by atoms with E-state index in [1.54, 1.807) is 6.26 Å². The molecular weight excluding hydrogens is 290 g/mol. The molecule has 0 aliphatic heterocycles. The van der Waals surface area contributed by atoms with Crippen LogP contribution in [0.2, 0.25) is 0 Å². The standard InChI is InChI=1S/C18H23N3O2/c1-13-17(16-9-6-12-23-16)14(2)21(20-13)11-10-19-18(22)15-7-4-3-5-8-15/h3-4,6,9,12,15H,5,7-8,10-11H2,1-2H3,(H,19,22)/t15-/m1/s1. The Morgan fingerprint density at radius 2 is 2.30 bits per heavy atom. The first-order valence-electron chi connectivity index (χ1n) is 8.17. The Kier molecular flexibility index (Phi) is 4.65. The summed E-state index contributed by atoms with van der Waals surface area (Å²) in [6.07, 6.45) is 8.73. The van der Waals surface area contributed by atoms with Crippen molar-refractivity contribution in [2.75, 3.05) is 6.54 Å². The zero-order valence-electron chi connectivity index (χ0n) is 13.7. The summed E-state index contributed by atoms with van der Waals surface area (Å²) in [4.78, 5) is 12.1. The second kappa shape index (κ2) is 6.86. The van der Waals surface area contributed by atoms with Gasteiger partial charge >= 0.3 is 0 Å². The molecule has 0 spiro atoms. The molecule has 5 nitrogen and oxygen atoms in total. The van der Waals surface area contributed by atoms with Crippen molar-refractivity contribution in [3.8, 4) is 11.3 Å². The van der Waals surface area contributed by atoms with Crippen molar-refractivity contribution in [2.45, 2.75) is 39.7 Å². The number of carbonyl (C=O) groups excluding carboxylic acids is 1. The van der Waals surface area contributed by atoms with Gasteiger partial charge in [0.2, 0.25) is 5.91 Å². The van der Waals surface area contributed by atoms with Gasteiger partial charge in [-0.2, -0.15) is 5.10 Å². The Morgan fingerprint density at radius 3 is 3.00 bits per heavy atom. The van der Waals surface area contributed by atoms with Crippen molar-refractivity contribution in [1.82, 2.24) is 15.1 Å². The predicted molar refractivity (Wildman–Crippen MR) is 88.9 cm³/mol. The number of hydrogen-bond acceptors (Lipinski definition) is 3. The van der Waals surface area contributed by atoms with Gasteiger partial charge in [0.25, 0.3) is 0 Å². The molecule has 1 aliphatic rings. The average Bonchev–Trinajstić information content (AvgIpc) is 3.17. The van der Waals surface area contributed by atoms with E-state index in [9.17, 15) is 4.79 Å². The Morgan fingerprint density at radius 1 is 1.43 bits per heavy atom. The first-order valence-corrected chi connectivity index (χ1v) is 8.17. The van der Waals surface area contributed by atoms with E-state index in [-0.39, 0.29) is 11.8 Å². The Labute approximate surface area is 136 Å². The summed E-state index contributed by atoms with van der Waals surface area (Å²) in [5, 5.41) is 7.60. The van der Waals surface area contributed by atoms with Gasteiger partial charge in [-0.1, -0.05) is 12.2 Å².